The molecule has 6 heteroatoms. The van der Waals surface area contributed by atoms with Gasteiger partial charge in [0.05, 0.1) is 12.2 Å². The molecular formula is C12H16F2N4. The second-order valence-corrected chi connectivity index (χ2v) is 5.16. The molecule has 98 valence electrons. The highest BCUT2D eigenvalue weighted by molar-refractivity contribution is 5.68. The third kappa shape index (κ3) is 2.57. The lowest BCUT2D eigenvalue weighted by Crippen LogP contribution is -2.12. The van der Waals surface area contributed by atoms with Crippen LogP contribution < -0.4 is 5.32 Å². The van der Waals surface area contributed by atoms with Crippen molar-refractivity contribution in [2.24, 2.45) is 0 Å². The fourth-order valence-electron chi connectivity index (χ4n) is 1.60. The van der Waals surface area contributed by atoms with Crippen molar-refractivity contribution < 1.29 is 8.78 Å². The number of hydrogen-bond acceptors (Lipinski definition) is 3. The fourth-order valence-corrected chi connectivity index (χ4v) is 1.60. The molecule has 0 aliphatic heterocycles. The van der Waals surface area contributed by atoms with E-state index in [4.69, 9.17) is 0 Å². The number of rotatable bonds is 3. The minimum absolute atomic E-state index is 0.0913. The van der Waals surface area contributed by atoms with Crippen LogP contribution in [0.15, 0.2) is 18.5 Å². The molecule has 0 aromatic carbocycles. The average molecular weight is 254 g/mol. The molecule has 2 heterocycles. The van der Waals surface area contributed by atoms with Gasteiger partial charge >= 0.3 is 0 Å². The Morgan fingerprint density at radius 1 is 1.39 bits per heavy atom. The normalized spacial score (nSPS) is 12.3. The third-order valence-electron chi connectivity index (χ3n) is 2.58. The predicted octanol–water partition coefficient (Wildman–Crippen LogP) is 2.70. The first kappa shape index (κ1) is 12.7. The van der Waals surface area contributed by atoms with Gasteiger partial charge in [0.2, 0.25) is 0 Å². The Morgan fingerprint density at radius 2 is 2.11 bits per heavy atom. The van der Waals surface area contributed by atoms with E-state index in [1.54, 1.807) is 16.9 Å². The molecule has 2 aromatic heterocycles. The number of nitrogens with one attached hydrogen (secondary N) is 1. The summed E-state index contributed by atoms with van der Waals surface area (Å²) < 4.78 is 26.1. The number of halogens is 2. The van der Waals surface area contributed by atoms with Gasteiger partial charge < -0.3 is 5.32 Å². The zero-order valence-corrected chi connectivity index (χ0v) is 10.6. The summed E-state index contributed by atoms with van der Waals surface area (Å²) in [5.41, 5.74) is 1.52. The molecule has 0 amide bonds. The van der Waals surface area contributed by atoms with Crippen molar-refractivity contribution in [1.29, 1.82) is 0 Å². The molecule has 2 aromatic rings. The molecule has 18 heavy (non-hydrogen) atoms. The van der Waals surface area contributed by atoms with Crippen LogP contribution in [-0.2, 0) is 5.41 Å². The van der Waals surface area contributed by atoms with Gasteiger partial charge in [0, 0.05) is 17.8 Å². The van der Waals surface area contributed by atoms with E-state index in [-0.39, 0.29) is 5.41 Å². The lowest BCUT2D eigenvalue weighted by molar-refractivity contribution is 0.163. The van der Waals surface area contributed by atoms with Crippen molar-refractivity contribution in [3.05, 3.63) is 24.2 Å². The van der Waals surface area contributed by atoms with E-state index in [0.717, 1.165) is 5.69 Å². The molecule has 0 saturated carbocycles. The van der Waals surface area contributed by atoms with E-state index in [0.29, 0.717) is 11.3 Å². The standard InChI is InChI=1S/C12H16F2N4/c1-12(2,3)9-6-8-11(16-7-10(13)14)15-4-5-18(8)17-9/h4-6,10H,7H2,1-3H3,(H,15,16). The number of nitrogens with zero attached hydrogens (tertiary/aromatic N) is 3. The van der Waals surface area contributed by atoms with Crippen LogP contribution in [0.3, 0.4) is 0 Å². The molecule has 0 fully saturated rings. The van der Waals surface area contributed by atoms with Gasteiger partial charge in [-0.05, 0) is 6.07 Å². The number of hydrogen-bond donors (Lipinski definition) is 1. The lowest BCUT2D eigenvalue weighted by atomic mass is 9.92. The Balaban J connectivity index is 2.39. The number of fused-ring (bicyclic) bond motifs is 1. The van der Waals surface area contributed by atoms with Crippen LogP contribution in [0.1, 0.15) is 26.5 Å². The van der Waals surface area contributed by atoms with Crippen LogP contribution >= 0.6 is 0 Å². The monoisotopic (exact) mass is 254 g/mol. The van der Waals surface area contributed by atoms with Crippen molar-refractivity contribution >= 4 is 11.3 Å². The summed E-state index contributed by atoms with van der Waals surface area (Å²) in [6.07, 6.45) is 0.843. The van der Waals surface area contributed by atoms with Crippen LogP contribution in [0.2, 0.25) is 0 Å². The second-order valence-electron chi connectivity index (χ2n) is 5.16. The van der Waals surface area contributed by atoms with Gasteiger partial charge in [0.1, 0.15) is 5.52 Å². The van der Waals surface area contributed by atoms with E-state index in [9.17, 15) is 8.78 Å². The maximum absolute atomic E-state index is 12.2. The van der Waals surface area contributed by atoms with Crippen molar-refractivity contribution in [2.75, 3.05) is 11.9 Å². The highest BCUT2D eigenvalue weighted by atomic mass is 19.3. The van der Waals surface area contributed by atoms with Gasteiger partial charge in [0.15, 0.2) is 5.82 Å². The summed E-state index contributed by atoms with van der Waals surface area (Å²) >= 11 is 0. The molecular weight excluding hydrogens is 238 g/mol. The maximum atomic E-state index is 12.2. The molecule has 0 aliphatic carbocycles. The summed E-state index contributed by atoms with van der Waals surface area (Å²) in [5, 5.41) is 7.05. The summed E-state index contributed by atoms with van der Waals surface area (Å²) in [5.74, 6) is 0.431. The van der Waals surface area contributed by atoms with Gasteiger partial charge in [-0.1, -0.05) is 20.8 Å². The largest absolute Gasteiger partial charge is 0.363 e. The van der Waals surface area contributed by atoms with Gasteiger partial charge in [-0.25, -0.2) is 18.3 Å². The molecule has 0 aliphatic rings. The van der Waals surface area contributed by atoms with Gasteiger partial charge in [-0.3, -0.25) is 0 Å². The average Bonchev–Trinajstić information content (AvgIpc) is 2.69. The van der Waals surface area contributed by atoms with Crippen LogP contribution in [0, 0.1) is 0 Å². The SMILES string of the molecule is CC(C)(C)c1cc2c(NCC(F)F)nccn2n1. The Bertz CT molecular complexity index is 542. The summed E-state index contributed by atoms with van der Waals surface area (Å²) in [7, 11) is 0. The van der Waals surface area contributed by atoms with Crippen LogP contribution in [0.5, 0.6) is 0 Å². The first-order chi connectivity index (χ1) is 8.38. The van der Waals surface area contributed by atoms with Gasteiger partial charge in [-0.2, -0.15) is 5.10 Å². The van der Waals surface area contributed by atoms with Crippen molar-refractivity contribution in [3.8, 4) is 0 Å². The summed E-state index contributed by atoms with van der Waals surface area (Å²) in [6, 6.07) is 1.88. The van der Waals surface area contributed by atoms with Crippen LogP contribution in [0.4, 0.5) is 14.6 Å². The first-order valence-corrected chi connectivity index (χ1v) is 5.75. The predicted molar refractivity (Wildman–Crippen MR) is 66.2 cm³/mol. The Morgan fingerprint density at radius 3 is 2.72 bits per heavy atom. The smallest absolute Gasteiger partial charge is 0.255 e. The Labute approximate surface area is 104 Å². The van der Waals surface area contributed by atoms with Gasteiger partial charge in [-0.15, -0.1) is 0 Å². The maximum Gasteiger partial charge on any atom is 0.255 e. The molecule has 1 N–H and O–H groups in total. The topological polar surface area (TPSA) is 42.2 Å². The zero-order valence-electron chi connectivity index (χ0n) is 10.6. The quantitative estimate of drug-likeness (QED) is 0.915. The Kier molecular flexibility index (Phi) is 3.19. The molecule has 0 saturated heterocycles. The molecule has 0 radical (unpaired) electrons. The number of alkyl halides is 2. The van der Waals surface area contributed by atoms with E-state index in [1.165, 1.54) is 0 Å². The van der Waals surface area contributed by atoms with Crippen molar-refractivity contribution in [2.45, 2.75) is 32.6 Å². The molecule has 0 unspecified atom stereocenters. The van der Waals surface area contributed by atoms with E-state index in [1.807, 2.05) is 6.07 Å². The van der Waals surface area contributed by atoms with Gasteiger partial charge in [0.25, 0.3) is 6.43 Å². The van der Waals surface area contributed by atoms with Crippen molar-refractivity contribution in [3.63, 3.8) is 0 Å². The van der Waals surface area contributed by atoms with E-state index >= 15 is 0 Å². The highest BCUT2D eigenvalue weighted by Gasteiger charge is 2.19. The molecule has 0 atom stereocenters. The lowest BCUT2D eigenvalue weighted by Gasteiger charge is -2.13. The Hall–Kier alpha value is -1.72. The third-order valence-corrected chi connectivity index (χ3v) is 2.58. The van der Waals surface area contributed by atoms with Crippen LogP contribution in [0.25, 0.3) is 5.52 Å². The van der Waals surface area contributed by atoms with E-state index < -0.39 is 13.0 Å². The first-order valence-electron chi connectivity index (χ1n) is 5.75. The molecule has 2 rings (SSSR count). The number of anilines is 1. The van der Waals surface area contributed by atoms with Crippen molar-refractivity contribution in [1.82, 2.24) is 14.6 Å². The molecule has 4 nitrogen and oxygen atoms in total. The highest BCUT2D eigenvalue weighted by Crippen LogP contribution is 2.24. The zero-order chi connectivity index (χ0) is 13.3. The minimum atomic E-state index is -2.41. The molecule has 0 bridgehead atoms. The van der Waals surface area contributed by atoms with E-state index in [2.05, 4.69) is 36.2 Å². The molecule has 0 spiro atoms. The fraction of sp³-hybridized carbons (Fsp3) is 0.500. The second kappa shape index (κ2) is 4.51. The minimum Gasteiger partial charge on any atom is -0.363 e. The summed E-state index contributed by atoms with van der Waals surface area (Å²) in [4.78, 5) is 4.07. The van der Waals surface area contributed by atoms with Crippen LogP contribution in [-0.4, -0.2) is 27.6 Å². The number of aromatic nitrogens is 3. The summed E-state index contributed by atoms with van der Waals surface area (Å²) in [6.45, 7) is 5.74.